The Kier molecular flexibility index (Phi) is 5.63. The van der Waals surface area contributed by atoms with Crippen molar-refractivity contribution in [3.63, 3.8) is 0 Å². The predicted octanol–water partition coefficient (Wildman–Crippen LogP) is 4.58. The maximum absolute atomic E-state index is 13.3. The van der Waals surface area contributed by atoms with Crippen molar-refractivity contribution in [3.8, 4) is 0 Å². The number of rotatable bonds is 4. The number of esters is 1. The zero-order valence-electron chi connectivity index (χ0n) is 18.2. The molecule has 31 heavy (non-hydrogen) atoms. The third-order valence-corrected chi connectivity index (χ3v) is 5.55. The van der Waals surface area contributed by atoms with Gasteiger partial charge in [0.2, 0.25) is 0 Å². The number of hydrogen-bond acceptors (Lipinski definition) is 5. The van der Waals surface area contributed by atoms with Gasteiger partial charge in [0.25, 0.3) is 5.91 Å². The van der Waals surface area contributed by atoms with Crippen molar-refractivity contribution in [2.24, 2.45) is 5.92 Å². The molecule has 1 aliphatic rings. The summed E-state index contributed by atoms with van der Waals surface area (Å²) in [5, 5.41) is 0.738. The number of fused-ring (bicyclic) bond motifs is 2. The van der Waals surface area contributed by atoms with Crippen LogP contribution in [0.25, 0.3) is 22.6 Å². The highest BCUT2D eigenvalue weighted by molar-refractivity contribution is 6.07. The fourth-order valence-corrected chi connectivity index (χ4v) is 4.15. The molecule has 0 saturated carbocycles. The van der Waals surface area contributed by atoms with Gasteiger partial charge in [-0.15, -0.1) is 0 Å². The number of nitrogens with zero attached hydrogens (tertiary/aromatic N) is 2. The minimum Gasteiger partial charge on any atom is -0.465 e. The van der Waals surface area contributed by atoms with Crippen LogP contribution in [0.1, 0.15) is 47.6 Å². The summed E-state index contributed by atoms with van der Waals surface area (Å²) in [6.45, 7) is 3.75. The van der Waals surface area contributed by atoms with Crippen LogP contribution in [-0.4, -0.2) is 42.0 Å². The van der Waals surface area contributed by atoms with E-state index >= 15 is 0 Å². The average molecular weight is 418 g/mol. The molecule has 0 spiro atoms. The van der Waals surface area contributed by atoms with E-state index in [1.165, 1.54) is 4.90 Å². The monoisotopic (exact) mass is 418 g/mol. The van der Waals surface area contributed by atoms with Crippen molar-refractivity contribution in [1.29, 1.82) is 0 Å². The number of likely N-dealkylation sites (N-methyl/N-ethyl adjacent to an activating group) is 1. The number of benzene rings is 1. The Morgan fingerprint density at radius 3 is 2.68 bits per heavy atom. The van der Waals surface area contributed by atoms with Crippen molar-refractivity contribution in [3.05, 3.63) is 65.2 Å². The summed E-state index contributed by atoms with van der Waals surface area (Å²) < 4.78 is 11.1. The number of amides is 1. The second-order valence-corrected chi connectivity index (χ2v) is 8.31. The first-order valence-corrected chi connectivity index (χ1v) is 10.4. The number of carbonyl (C=O) groups excluding carboxylic acids is 2. The second kappa shape index (κ2) is 8.38. The molecular weight excluding hydrogens is 392 g/mol. The van der Waals surface area contributed by atoms with Crippen molar-refractivity contribution < 1.29 is 18.7 Å². The van der Waals surface area contributed by atoms with E-state index < -0.39 is 12.1 Å². The molecule has 6 heteroatoms. The number of aromatic nitrogens is 1. The van der Waals surface area contributed by atoms with Gasteiger partial charge in [0.05, 0.1) is 23.0 Å². The molecule has 1 aromatic carbocycles. The molecule has 0 fully saturated rings. The minimum absolute atomic E-state index is 0.257. The van der Waals surface area contributed by atoms with Crippen LogP contribution in [0.3, 0.4) is 0 Å². The first-order chi connectivity index (χ1) is 14.8. The fraction of sp³-hybridized carbons (Fsp3) is 0.320. The van der Waals surface area contributed by atoms with Gasteiger partial charge in [0, 0.05) is 19.5 Å². The van der Waals surface area contributed by atoms with Crippen LogP contribution in [0.5, 0.6) is 0 Å². The Labute approximate surface area is 181 Å². The summed E-state index contributed by atoms with van der Waals surface area (Å²) in [6, 6.07) is 11.3. The maximum atomic E-state index is 13.3. The largest absolute Gasteiger partial charge is 0.465 e. The molecule has 2 aromatic heterocycles. The van der Waals surface area contributed by atoms with Crippen molar-refractivity contribution in [2.45, 2.75) is 32.8 Å². The van der Waals surface area contributed by atoms with Gasteiger partial charge in [0.1, 0.15) is 5.76 Å². The van der Waals surface area contributed by atoms with E-state index in [1.54, 1.807) is 27.3 Å². The summed E-state index contributed by atoms with van der Waals surface area (Å²) in [4.78, 5) is 31.9. The SMILES string of the molecule is C[C@@H]1C/C(=C/c2ccco2)c2nc3ccccc3c(C(=O)O[C@H](C)C(=O)N(C)C)c2C1. The third-order valence-electron chi connectivity index (χ3n) is 5.55. The summed E-state index contributed by atoms with van der Waals surface area (Å²) in [7, 11) is 3.29. The highest BCUT2D eigenvalue weighted by atomic mass is 16.5. The molecule has 2 heterocycles. The van der Waals surface area contributed by atoms with Crippen LogP contribution < -0.4 is 0 Å². The average Bonchev–Trinajstić information content (AvgIpc) is 3.24. The summed E-state index contributed by atoms with van der Waals surface area (Å²) in [6.07, 6.45) is 4.30. The summed E-state index contributed by atoms with van der Waals surface area (Å²) in [5.74, 6) is 0.319. The highest BCUT2D eigenvalue weighted by Crippen LogP contribution is 2.38. The lowest BCUT2D eigenvalue weighted by atomic mass is 9.81. The van der Waals surface area contributed by atoms with Gasteiger partial charge in [0.15, 0.2) is 6.10 Å². The fourth-order valence-electron chi connectivity index (χ4n) is 4.15. The topological polar surface area (TPSA) is 72.6 Å². The molecule has 3 aromatic rings. The maximum Gasteiger partial charge on any atom is 0.339 e. The summed E-state index contributed by atoms with van der Waals surface area (Å²) >= 11 is 0. The van der Waals surface area contributed by atoms with Crippen LogP contribution in [0.4, 0.5) is 0 Å². The van der Waals surface area contributed by atoms with E-state index in [1.807, 2.05) is 42.5 Å². The van der Waals surface area contributed by atoms with Gasteiger partial charge in [-0.25, -0.2) is 9.78 Å². The molecule has 1 amide bonds. The molecule has 0 N–H and O–H groups in total. The third kappa shape index (κ3) is 4.10. The molecule has 0 saturated heterocycles. The number of furan rings is 1. The normalized spacial score (nSPS) is 17.9. The molecule has 4 rings (SSSR count). The van der Waals surface area contributed by atoms with E-state index in [9.17, 15) is 9.59 Å². The molecule has 1 aliphatic carbocycles. The Bertz CT molecular complexity index is 1160. The molecule has 6 nitrogen and oxygen atoms in total. The van der Waals surface area contributed by atoms with Gasteiger partial charge in [-0.2, -0.15) is 0 Å². The van der Waals surface area contributed by atoms with Gasteiger partial charge in [-0.1, -0.05) is 25.1 Å². The van der Waals surface area contributed by atoms with Crippen LogP contribution in [0.15, 0.2) is 47.1 Å². The molecule has 0 bridgehead atoms. The first kappa shape index (κ1) is 20.8. The lowest BCUT2D eigenvalue weighted by molar-refractivity contribution is -0.137. The van der Waals surface area contributed by atoms with E-state index in [2.05, 4.69) is 6.92 Å². The van der Waals surface area contributed by atoms with Crippen molar-refractivity contribution >= 4 is 34.4 Å². The lowest BCUT2D eigenvalue weighted by Crippen LogP contribution is -2.35. The Morgan fingerprint density at radius 2 is 1.97 bits per heavy atom. The number of ether oxygens (including phenoxy) is 1. The number of pyridine rings is 1. The molecule has 2 atom stereocenters. The number of para-hydroxylation sites is 1. The highest BCUT2D eigenvalue weighted by Gasteiger charge is 2.30. The van der Waals surface area contributed by atoms with Gasteiger partial charge in [-0.3, -0.25) is 4.79 Å². The Morgan fingerprint density at radius 1 is 1.19 bits per heavy atom. The van der Waals surface area contributed by atoms with E-state index in [-0.39, 0.29) is 5.91 Å². The van der Waals surface area contributed by atoms with Crippen LogP contribution in [0.2, 0.25) is 0 Å². The van der Waals surface area contributed by atoms with E-state index in [0.717, 1.165) is 39.9 Å². The van der Waals surface area contributed by atoms with Gasteiger partial charge < -0.3 is 14.1 Å². The van der Waals surface area contributed by atoms with Crippen molar-refractivity contribution in [1.82, 2.24) is 9.88 Å². The Balaban J connectivity index is 1.86. The molecule has 0 aliphatic heterocycles. The predicted molar refractivity (Wildman–Crippen MR) is 119 cm³/mol. The van der Waals surface area contributed by atoms with E-state index in [0.29, 0.717) is 17.9 Å². The number of hydrogen-bond donors (Lipinski definition) is 0. The Hall–Kier alpha value is -3.41. The smallest absolute Gasteiger partial charge is 0.339 e. The standard InChI is InChI=1S/C25H26N2O4/c1-15-12-17(14-18-8-7-11-30-18)23-20(13-15)22(19-9-5-6-10-21(19)26-23)25(29)31-16(2)24(28)27(3)4/h5-11,14-16H,12-13H2,1-4H3/b17-14-/t15-,16-/m1/s1. The second-order valence-electron chi connectivity index (χ2n) is 8.31. The zero-order valence-corrected chi connectivity index (χ0v) is 18.2. The quantitative estimate of drug-likeness (QED) is 0.580. The minimum atomic E-state index is -0.871. The molecular formula is C25H26N2O4. The molecule has 160 valence electrons. The van der Waals surface area contributed by atoms with Crippen LogP contribution in [0, 0.1) is 5.92 Å². The number of carbonyl (C=O) groups is 2. The number of allylic oxidation sites excluding steroid dienone is 1. The van der Waals surface area contributed by atoms with Gasteiger partial charge >= 0.3 is 5.97 Å². The van der Waals surface area contributed by atoms with E-state index in [4.69, 9.17) is 14.1 Å². The first-order valence-electron chi connectivity index (χ1n) is 10.4. The summed E-state index contributed by atoms with van der Waals surface area (Å²) in [5.41, 5.74) is 3.91. The lowest BCUT2D eigenvalue weighted by Gasteiger charge is -2.27. The zero-order chi connectivity index (χ0) is 22.1. The van der Waals surface area contributed by atoms with Crippen molar-refractivity contribution in [2.75, 3.05) is 14.1 Å². The van der Waals surface area contributed by atoms with Crippen LogP contribution >= 0.6 is 0 Å². The van der Waals surface area contributed by atoms with Gasteiger partial charge in [-0.05, 0) is 61.1 Å². The van der Waals surface area contributed by atoms with Crippen LogP contribution in [-0.2, 0) is 16.0 Å². The molecule has 0 unspecified atom stereocenters. The molecule has 0 radical (unpaired) electrons.